The van der Waals surface area contributed by atoms with Crippen molar-refractivity contribution in [3.05, 3.63) is 69.7 Å². The summed E-state index contributed by atoms with van der Waals surface area (Å²) in [6, 6.07) is 15.9. The van der Waals surface area contributed by atoms with Crippen molar-refractivity contribution in [1.82, 2.24) is 10.7 Å². The van der Waals surface area contributed by atoms with Crippen LogP contribution in [0, 0.1) is 0 Å². The van der Waals surface area contributed by atoms with Gasteiger partial charge in [-0.2, -0.15) is 5.10 Å². The highest BCUT2D eigenvalue weighted by molar-refractivity contribution is 6.36. The first kappa shape index (κ1) is 15.2. The van der Waals surface area contributed by atoms with Crippen molar-refractivity contribution in [3.8, 4) is 0 Å². The third-order valence-electron chi connectivity index (χ3n) is 3.74. The first-order chi connectivity index (χ1) is 10.8. The van der Waals surface area contributed by atoms with Crippen LogP contribution >= 0.6 is 23.2 Å². The molecule has 2 aromatic carbocycles. The minimum absolute atomic E-state index is 0.0893. The monoisotopic (exact) mass is 333 g/mol. The fourth-order valence-corrected chi connectivity index (χ4v) is 3.17. The second-order valence-corrected chi connectivity index (χ2v) is 6.01. The molecule has 1 heterocycles. The van der Waals surface area contributed by atoms with Gasteiger partial charge in [0.2, 0.25) is 0 Å². The molecule has 0 fully saturated rings. The van der Waals surface area contributed by atoms with Crippen molar-refractivity contribution < 1.29 is 0 Å². The largest absolute Gasteiger partial charge is 0.370 e. The fourth-order valence-electron chi connectivity index (χ4n) is 2.62. The molecule has 0 radical (unpaired) electrons. The highest BCUT2D eigenvalue weighted by Crippen LogP contribution is 2.31. The summed E-state index contributed by atoms with van der Waals surface area (Å²) in [6.07, 6.45) is 0.704. The molecular formula is C17H17Cl2N3. The average molecular weight is 334 g/mol. The van der Waals surface area contributed by atoms with E-state index in [2.05, 4.69) is 28.0 Å². The summed E-state index contributed by atoms with van der Waals surface area (Å²) in [5, 5.41) is 9.19. The van der Waals surface area contributed by atoms with E-state index < -0.39 is 0 Å². The Morgan fingerprint density at radius 1 is 0.955 bits per heavy atom. The summed E-state index contributed by atoms with van der Waals surface area (Å²) >= 11 is 12.7. The molecule has 0 spiro atoms. The Labute approximate surface area is 140 Å². The molecule has 5 heteroatoms. The van der Waals surface area contributed by atoms with Gasteiger partial charge < -0.3 is 10.7 Å². The van der Waals surface area contributed by atoms with Crippen molar-refractivity contribution in [1.29, 1.82) is 0 Å². The number of benzene rings is 2. The van der Waals surface area contributed by atoms with Crippen molar-refractivity contribution in [2.75, 3.05) is 13.1 Å². The van der Waals surface area contributed by atoms with Crippen LogP contribution in [0.25, 0.3) is 0 Å². The van der Waals surface area contributed by atoms with E-state index in [0.29, 0.717) is 16.5 Å². The number of nitrogens with zero attached hydrogens (tertiary/aromatic N) is 1. The van der Waals surface area contributed by atoms with Gasteiger partial charge in [-0.15, -0.1) is 0 Å². The van der Waals surface area contributed by atoms with Crippen molar-refractivity contribution in [2.24, 2.45) is 5.10 Å². The normalized spacial score (nSPS) is 15.5. The van der Waals surface area contributed by atoms with Gasteiger partial charge in [-0.05, 0) is 29.7 Å². The summed E-state index contributed by atoms with van der Waals surface area (Å²) in [7, 11) is 0. The van der Waals surface area contributed by atoms with Gasteiger partial charge in [0.05, 0.1) is 6.54 Å². The molecule has 0 saturated carbocycles. The zero-order chi connectivity index (χ0) is 15.4. The molecule has 3 nitrogen and oxygen atoms in total. The van der Waals surface area contributed by atoms with Crippen LogP contribution in [0.5, 0.6) is 0 Å². The van der Waals surface area contributed by atoms with E-state index in [9.17, 15) is 0 Å². The van der Waals surface area contributed by atoms with E-state index in [0.717, 1.165) is 24.5 Å². The fraction of sp³-hybridized carbons (Fsp3) is 0.235. The van der Waals surface area contributed by atoms with Crippen molar-refractivity contribution in [3.63, 3.8) is 0 Å². The van der Waals surface area contributed by atoms with Crippen LogP contribution in [0.2, 0.25) is 10.0 Å². The highest BCUT2D eigenvalue weighted by Gasteiger charge is 2.22. The van der Waals surface area contributed by atoms with Crippen LogP contribution in [-0.2, 0) is 6.42 Å². The number of hydrogen-bond donors (Lipinski definition) is 2. The minimum Gasteiger partial charge on any atom is -0.370 e. The van der Waals surface area contributed by atoms with Crippen LogP contribution in [0.15, 0.2) is 53.6 Å². The molecule has 114 valence electrons. The Morgan fingerprint density at radius 2 is 1.68 bits per heavy atom. The Morgan fingerprint density at radius 3 is 2.32 bits per heavy atom. The molecule has 1 unspecified atom stereocenters. The van der Waals surface area contributed by atoms with Crippen molar-refractivity contribution in [2.45, 2.75) is 12.3 Å². The Bertz CT molecular complexity index is 651. The van der Waals surface area contributed by atoms with Crippen LogP contribution < -0.4 is 10.7 Å². The highest BCUT2D eigenvalue weighted by atomic mass is 35.5. The number of rotatable bonds is 4. The molecule has 0 aromatic heterocycles. The summed E-state index contributed by atoms with van der Waals surface area (Å²) in [5.41, 5.74) is 5.20. The maximum absolute atomic E-state index is 6.34. The molecule has 1 atom stereocenters. The zero-order valence-corrected chi connectivity index (χ0v) is 13.5. The smallest absolute Gasteiger partial charge is 0.130 e. The Kier molecular flexibility index (Phi) is 4.86. The molecule has 0 aliphatic carbocycles. The van der Waals surface area contributed by atoms with E-state index >= 15 is 0 Å². The average Bonchev–Trinajstić information content (AvgIpc) is 2.56. The van der Waals surface area contributed by atoms with Crippen molar-refractivity contribution >= 4 is 29.0 Å². The molecule has 22 heavy (non-hydrogen) atoms. The topological polar surface area (TPSA) is 36.4 Å². The lowest BCUT2D eigenvalue weighted by Gasteiger charge is -2.25. The number of hydrazone groups is 1. The SMILES string of the molecule is Clc1cccc(Cl)c1CC(C1=NNCCN1)c1ccccc1. The first-order valence-electron chi connectivity index (χ1n) is 7.28. The summed E-state index contributed by atoms with van der Waals surface area (Å²) in [6.45, 7) is 1.69. The maximum Gasteiger partial charge on any atom is 0.130 e. The van der Waals surface area contributed by atoms with Gasteiger partial charge in [-0.25, -0.2) is 0 Å². The molecule has 2 aromatic rings. The molecule has 0 saturated heterocycles. The van der Waals surface area contributed by atoms with E-state index in [1.807, 2.05) is 36.4 Å². The third kappa shape index (κ3) is 3.37. The van der Waals surface area contributed by atoms with Gasteiger partial charge in [0, 0.05) is 22.5 Å². The van der Waals surface area contributed by atoms with Gasteiger partial charge in [0.1, 0.15) is 5.84 Å². The predicted octanol–water partition coefficient (Wildman–Crippen LogP) is 3.83. The van der Waals surface area contributed by atoms with Gasteiger partial charge >= 0.3 is 0 Å². The second kappa shape index (κ2) is 7.03. The lowest BCUT2D eigenvalue weighted by atomic mass is 9.90. The molecule has 2 N–H and O–H groups in total. The number of amidine groups is 1. The quantitative estimate of drug-likeness (QED) is 0.892. The molecule has 3 rings (SSSR count). The third-order valence-corrected chi connectivity index (χ3v) is 4.45. The van der Waals surface area contributed by atoms with Crippen LogP contribution in [0.1, 0.15) is 17.0 Å². The molecule has 0 bridgehead atoms. The van der Waals surface area contributed by atoms with Gasteiger partial charge in [0.15, 0.2) is 0 Å². The summed E-state index contributed by atoms with van der Waals surface area (Å²) in [4.78, 5) is 0. The number of halogens is 2. The maximum atomic E-state index is 6.34. The minimum atomic E-state index is 0.0893. The lowest BCUT2D eigenvalue weighted by Crippen LogP contribution is -2.41. The molecular weight excluding hydrogens is 317 g/mol. The van der Waals surface area contributed by atoms with Crippen LogP contribution in [0.4, 0.5) is 0 Å². The summed E-state index contributed by atoms with van der Waals surface area (Å²) in [5.74, 6) is 1.01. The van der Waals surface area contributed by atoms with E-state index in [-0.39, 0.29) is 5.92 Å². The first-order valence-corrected chi connectivity index (χ1v) is 8.03. The Balaban J connectivity index is 1.97. The van der Waals surface area contributed by atoms with E-state index in [1.54, 1.807) is 0 Å². The van der Waals surface area contributed by atoms with Gasteiger partial charge in [-0.3, -0.25) is 0 Å². The number of hydrogen-bond acceptors (Lipinski definition) is 3. The second-order valence-electron chi connectivity index (χ2n) is 5.20. The lowest BCUT2D eigenvalue weighted by molar-refractivity contribution is 0.638. The molecule has 0 amide bonds. The zero-order valence-electron chi connectivity index (χ0n) is 12.0. The number of nitrogens with one attached hydrogen (secondary N) is 2. The molecule has 1 aliphatic rings. The van der Waals surface area contributed by atoms with Crippen LogP contribution in [-0.4, -0.2) is 18.9 Å². The molecule has 1 aliphatic heterocycles. The summed E-state index contributed by atoms with van der Waals surface area (Å²) < 4.78 is 0. The predicted molar refractivity (Wildman–Crippen MR) is 92.8 cm³/mol. The van der Waals surface area contributed by atoms with E-state index in [4.69, 9.17) is 23.2 Å². The van der Waals surface area contributed by atoms with Gasteiger partial charge in [0.25, 0.3) is 0 Å². The van der Waals surface area contributed by atoms with Gasteiger partial charge in [-0.1, -0.05) is 59.6 Å². The Hall–Kier alpha value is -1.71. The van der Waals surface area contributed by atoms with E-state index in [1.165, 1.54) is 5.56 Å². The standard InChI is InChI=1S/C17H17Cl2N3/c18-15-7-4-8-16(19)14(15)11-13(12-5-2-1-3-6-12)17-20-9-10-21-22-17/h1-8,13,21H,9-11H2,(H,20,22). The van der Waals surface area contributed by atoms with Crippen LogP contribution in [0.3, 0.4) is 0 Å².